The van der Waals surface area contributed by atoms with Crippen molar-refractivity contribution >= 4 is 22.6 Å². The van der Waals surface area contributed by atoms with Gasteiger partial charge >= 0.3 is 0 Å². The molecule has 1 aliphatic carbocycles. The number of nitrogens with one attached hydrogen (secondary N) is 2. The maximum Gasteiger partial charge on any atom is 0.224 e. The molecule has 4 aromatic rings. The van der Waals surface area contributed by atoms with Crippen LogP contribution < -0.4 is 5.32 Å². The zero-order valence-electron chi connectivity index (χ0n) is 13.1. The first-order chi connectivity index (χ1) is 12.1. The number of aromatic nitrogens is 5. The molecule has 4 heterocycles. The molecule has 4 aromatic heterocycles. The van der Waals surface area contributed by atoms with Gasteiger partial charge in [-0.25, -0.2) is 14.4 Å². The number of H-pyrrole nitrogens is 1. The fraction of sp³-hybridized carbons (Fsp3) is 0.235. The number of nitrogens with zero attached hydrogens (tertiary/aromatic N) is 4. The highest BCUT2D eigenvalue weighted by Gasteiger charge is 2.43. The molecule has 0 spiro atoms. The van der Waals surface area contributed by atoms with Crippen molar-refractivity contribution in [1.29, 1.82) is 0 Å². The number of hydrogen-bond donors (Lipinski definition) is 2. The number of aromatic amines is 1. The molecule has 2 N–H and O–H groups in total. The lowest BCUT2D eigenvalue weighted by molar-refractivity contribution is 0.326. The second-order valence-electron chi connectivity index (χ2n) is 6.39. The van der Waals surface area contributed by atoms with Gasteiger partial charge in [-0.15, -0.1) is 0 Å². The summed E-state index contributed by atoms with van der Waals surface area (Å²) in [5.41, 5.74) is 1.76. The lowest BCUT2D eigenvalue weighted by Gasteiger charge is -2.07. The number of anilines is 1. The van der Waals surface area contributed by atoms with E-state index in [0.717, 1.165) is 16.5 Å². The van der Waals surface area contributed by atoms with Gasteiger partial charge in [-0.05, 0) is 25.0 Å². The summed E-state index contributed by atoms with van der Waals surface area (Å²) in [7, 11) is 0. The molecule has 6 nitrogen and oxygen atoms in total. The minimum atomic E-state index is -1.11. The van der Waals surface area contributed by atoms with Crippen LogP contribution in [0.25, 0.3) is 27.8 Å². The smallest absolute Gasteiger partial charge is 0.224 e. The van der Waals surface area contributed by atoms with Crippen molar-refractivity contribution in [1.82, 2.24) is 24.3 Å². The molecular weight excluding hydrogens is 326 g/mol. The van der Waals surface area contributed by atoms with E-state index in [1.807, 2.05) is 6.07 Å². The fourth-order valence-corrected chi connectivity index (χ4v) is 2.89. The van der Waals surface area contributed by atoms with E-state index in [1.54, 1.807) is 24.7 Å². The van der Waals surface area contributed by atoms with Gasteiger partial charge in [0, 0.05) is 35.1 Å². The molecular formula is C17H14F2N6. The van der Waals surface area contributed by atoms with Crippen molar-refractivity contribution < 1.29 is 8.78 Å². The van der Waals surface area contributed by atoms with E-state index in [9.17, 15) is 8.78 Å². The van der Waals surface area contributed by atoms with Gasteiger partial charge in [0.1, 0.15) is 17.0 Å². The second kappa shape index (κ2) is 4.98. The third-order valence-corrected chi connectivity index (χ3v) is 4.56. The van der Waals surface area contributed by atoms with E-state index < -0.39 is 11.6 Å². The van der Waals surface area contributed by atoms with Gasteiger partial charge in [0.25, 0.3) is 0 Å². The van der Waals surface area contributed by atoms with Gasteiger partial charge in [0.05, 0.1) is 12.7 Å². The number of rotatable bonds is 4. The molecule has 5 rings (SSSR count). The number of pyridine rings is 1. The molecule has 1 fully saturated rings. The van der Waals surface area contributed by atoms with Crippen LogP contribution in [0.5, 0.6) is 0 Å². The van der Waals surface area contributed by atoms with Crippen molar-refractivity contribution in [2.75, 3.05) is 11.9 Å². The molecule has 0 aliphatic heterocycles. The first-order valence-corrected chi connectivity index (χ1v) is 8.01. The molecule has 1 aliphatic rings. The van der Waals surface area contributed by atoms with E-state index in [2.05, 4.69) is 25.3 Å². The van der Waals surface area contributed by atoms with E-state index in [4.69, 9.17) is 0 Å². The Balaban J connectivity index is 1.51. The highest BCUT2D eigenvalue weighted by Crippen LogP contribution is 2.39. The number of halogens is 2. The van der Waals surface area contributed by atoms with Crippen LogP contribution in [-0.2, 0) is 0 Å². The van der Waals surface area contributed by atoms with Gasteiger partial charge in [0.15, 0.2) is 0 Å². The maximum atomic E-state index is 13.7. The molecule has 25 heavy (non-hydrogen) atoms. The van der Waals surface area contributed by atoms with Crippen LogP contribution in [0.2, 0.25) is 0 Å². The predicted octanol–water partition coefficient (Wildman–Crippen LogP) is 3.33. The molecule has 1 saturated carbocycles. The van der Waals surface area contributed by atoms with Crippen LogP contribution in [-0.4, -0.2) is 36.6 Å². The summed E-state index contributed by atoms with van der Waals surface area (Å²) >= 11 is 0. The molecule has 0 aromatic carbocycles. The monoisotopic (exact) mass is 340 g/mol. The Hall–Kier alpha value is -3.03. The highest BCUT2D eigenvalue weighted by atomic mass is 19.1. The zero-order valence-corrected chi connectivity index (χ0v) is 13.1. The Morgan fingerprint density at radius 1 is 1.24 bits per heavy atom. The largest absolute Gasteiger partial charge is 0.351 e. The molecule has 0 amide bonds. The van der Waals surface area contributed by atoms with Gasteiger partial charge in [0.2, 0.25) is 11.9 Å². The summed E-state index contributed by atoms with van der Waals surface area (Å²) in [5, 5.41) is 3.75. The Morgan fingerprint density at radius 3 is 2.96 bits per heavy atom. The highest BCUT2D eigenvalue weighted by molar-refractivity contribution is 5.93. The summed E-state index contributed by atoms with van der Waals surface area (Å²) in [6.07, 6.45) is 7.53. The third-order valence-electron chi connectivity index (χ3n) is 4.56. The van der Waals surface area contributed by atoms with E-state index in [0.29, 0.717) is 30.1 Å². The summed E-state index contributed by atoms with van der Waals surface area (Å²) in [6.45, 7) is 0.225. The van der Waals surface area contributed by atoms with Crippen molar-refractivity contribution in [2.24, 2.45) is 0 Å². The lowest BCUT2D eigenvalue weighted by Crippen LogP contribution is -2.17. The van der Waals surface area contributed by atoms with Crippen molar-refractivity contribution in [2.45, 2.75) is 18.5 Å². The van der Waals surface area contributed by atoms with E-state index in [-0.39, 0.29) is 6.54 Å². The topological polar surface area (TPSA) is 70.9 Å². The van der Waals surface area contributed by atoms with Crippen LogP contribution >= 0.6 is 0 Å². The number of alkyl halides is 1. The third kappa shape index (κ3) is 2.41. The van der Waals surface area contributed by atoms with Crippen LogP contribution in [0.15, 0.2) is 36.9 Å². The molecule has 0 unspecified atom stereocenters. The van der Waals surface area contributed by atoms with Crippen LogP contribution in [0.4, 0.5) is 14.7 Å². The fourth-order valence-electron chi connectivity index (χ4n) is 2.89. The molecule has 0 radical (unpaired) electrons. The standard InChI is InChI=1S/C17H14F2N6/c18-13-7-20-14-2-1-10(8-25(13)14)11-5-21-15-12(11)6-22-16(24-15)23-9-17(19)3-4-17/h1-2,5-8H,3-4,9H2,(H2,21,22,23,24). The second-order valence-corrected chi connectivity index (χ2v) is 6.39. The Morgan fingerprint density at radius 2 is 2.12 bits per heavy atom. The Bertz CT molecular complexity index is 1100. The summed E-state index contributed by atoms with van der Waals surface area (Å²) in [5.74, 6) is -0.0272. The first kappa shape index (κ1) is 14.3. The number of hydrogen-bond acceptors (Lipinski definition) is 4. The zero-order chi connectivity index (χ0) is 17.0. The number of imidazole rings is 1. The molecule has 0 atom stereocenters. The predicted molar refractivity (Wildman–Crippen MR) is 89.6 cm³/mol. The lowest BCUT2D eigenvalue weighted by atomic mass is 10.1. The minimum Gasteiger partial charge on any atom is -0.351 e. The molecule has 126 valence electrons. The summed E-state index contributed by atoms with van der Waals surface area (Å²) in [4.78, 5) is 15.7. The average Bonchev–Trinajstić information content (AvgIpc) is 3.05. The van der Waals surface area contributed by atoms with E-state index >= 15 is 0 Å². The van der Waals surface area contributed by atoms with Crippen LogP contribution in [0.3, 0.4) is 0 Å². The molecule has 0 saturated heterocycles. The van der Waals surface area contributed by atoms with E-state index in [1.165, 1.54) is 10.6 Å². The van der Waals surface area contributed by atoms with Crippen LogP contribution in [0.1, 0.15) is 12.8 Å². The molecule has 0 bridgehead atoms. The Labute approximate surface area is 140 Å². The quantitative estimate of drug-likeness (QED) is 0.598. The SMILES string of the molecule is Fc1cnc2ccc(-c3c[nH]c4nc(NCC5(F)CC5)ncc34)cn12. The van der Waals surface area contributed by atoms with Gasteiger partial charge in [-0.2, -0.15) is 9.37 Å². The van der Waals surface area contributed by atoms with Gasteiger partial charge in [-0.3, -0.25) is 4.40 Å². The van der Waals surface area contributed by atoms with Crippen molar-refractivity contribution in [3.05, 3.63) is 42.9 Å². The maximum absolute atomic E-state index is 13.7. The minimum absolute atomic E-state index is 0.225. The Kier molecular flexibility index (Phi) is 2.85. The molecule has 8 heteroatoms. The van der Waals surface area contributed by atoms with Crippen molar-refractivity contribution in [3.8, 4) is 11.1 Å². The van der Waals surface area contributed by atoms with Gasteiger partial charge < -0.3 is 10.3 Å². The summed E-state index contributed by atoms with van der Waals surface area (Å²) < 4.78 is 28.8. The first-order valence-electron chi connectivity index (χ1n) is 8.01. The summed E-state index contributed by atoms with van der Waals surface area (Å²) in [6, 6.07) is 3.63. The van der Waals surface area contributed by atoms with Crippen molar-refractivity contribution in [3.63, 3.8) is 0 Å². The van der Waals surface area contributed by atoms with Crippen LogP contribution in [0, 0.1) is 5.95 Å². The van der Waals surface area contributed by atoms with Gasteiger partial charge in [-0.1, -0.05) is 0 Å². The normalized spacial score (nSPS) is 15.8. The average molecular weight is 340 g/mol. The number of fused-ring (bicyclic) bond motifs is 2.